The number of hydrogen-bond donors (Lipinski definition) is 0. The Morgan fingerprint density at radius 3 is 2.26 bits per heavy atom. The molecule has 1 aromatic heterocycles. The third kappa shape index (κ3) is 3.17. The van der Waals surface area contributed by atoms with Crippen molar-refractivity contribution in [2.75, 3.05) is 5.75 Å². The van der Waals surface area contributed by atoms with Gasteiger partial charge in [0.15, 0.2) is 15.6 Å². The van der Waals surface area contributed by atoms with E-state index in [-0.39, 0.29) is 14.9 Å². The van der Waals surface area contributed by atoms with Gasteiger partial charge in [0.1, 0.15) is 10.6 Å². The van der Waals surface area contributed by atoms with Crippen LogP contribution in [-0.4, -0.2) is 20.0 Å². The fourth-order valence-corrected chi connectivity index (χ4v) is 4.77. The highest BCUT2D eigenvalue weighted by atomic mass is 35.5. The van der Waals surface area contributed by atoms with Gasteiger partial charge in [0.2, 0.25) is 0 Å². The van der Waals surface area contributed by atoms with Crippen molar-refractivity contribution in [3.05, 3.63) is 50.6 Å². The molecule has 0 saturated carbocycles. The van der Waals surface area contributed by atoms with Gasteiger partial charge in [-0.1, -0.05) is 35.3 Å². The molecule has 7 heteroatoms. The predicted octanol–water partition coefficient (Wildman–Crippen LogP) is 3.71. The first-order valence-electron chi connectivity index (χ1n) is 5.15. The van der Waals surface area contributed by atoms with Crippen LogP contribution in [0.5, 0.6) is 0 Å². The van der Waals surface area contributed by atoms with Crippen LogP contribution >= 0.6 is 34.5 Å². The summed E-state index contributed by atoms with van der Waals surface area (Å²) >= 11 is 12.9. The molecule has 19 heavy (non-hydrogen) atoms. The maximum atomic E-state index is 12.2. The highest BCUT2D eigenvalue weighted by Crippen LogP contribution is 2.30. The molecule has 100 valence electrons. The number of hydrogen-bond acceptors (Lipinski definition) is 4. The maximum absolute atomic E-state index is 12.2. The van der Waals surface area contributed by atoms with Crippen LogP contribution in [-0.2, 0) is 9.84 Å². The number of ketones is 1. The van der Waals surface area contributed by atoms with Crippen molar-refractivity contribution >= 4 is 50.2 Å². The lowest BCUT2D eigenvalue weighted by Crippen LogP contribution is -2.16. The van der Waals surface area contributed by atoms with Crippen molar-refractivity contribution in [3.63, 3.8) is 0 Å². The van der Waals surface area contributed by atoms with Gasteiger partial charge in [-0.25, -0.2) is 8.42 Å². The van der Waals surface area contributed by atoms with Crippen LogP contribution in [0.15, 0.2) is 40.6 Å². The number of thiophene rings is 1. The van der Waals surface area contributed by atoms with Crippen molar-refractivity contribution in [2.45, 2.75) is 4.90 Å². The number of halogens is 2. The van der Waals surface area contributed by atoms with E-state index in [0.717, 1.165) is 0 Å². The Balaban J connectivity index is 2.36. The van der Waals surface area contributed by atoms with Crippen LogP contribution in [0.2, 0.25) is 10.0 Å². The molecule has 0 N–H and O–H groups in total. The summed E-state index contributed by atoms with van der Waals surface area (Å²) in [4.78, 5) is 12.1. The Labute approximate surface area is 124 Å². The lowest BCUT2D eigenvalue weighted by Gasteiger charge is -2.07. The van der Waals surface area contributed by atoms with E-state index in [1.807, 2.05) is 0 Å². The molecule has 3 nitrogen and oxygen atoms in total. The van der Waals surface area contributed by atoms with Gasteiger partial charge in [-0.2, -0.15) is 0 Å². The lowest BCUT2D eigenvalue weighted by molar-refractivity contribution is 0.102. The standard InChI is InChI=1S/C12H8Cl2O3S2/c13-8-3-1-4-9(14)12(8)19(16,17)7-10(15)11-5-2-6-18-11/h1-6H,7H2. The van der Waals surface area contributed by atoms with Crippen molar-refractivity contribution < 1.29 is 13.2 Å². The van der Waals surface area contributed by atoms with Crippen LogP contribution in [0.4, 0.5) is 0 Å². The predicted molar refractivity (Wildman–Crippen MR) is 77.2 cm³/mol. The van der Waals surface area contributed by atoms with E-state index in [4.69, 9.17) is 23.2 Å². The molecular weight excluding hydrogens is 327 g/mol. The van der Waals surface area contributed by atoms with Crippen LogP contribution in [0.1, 0.15) is 9.67 Å². The summed E-state index contributed by atoms with van der Waals surface area (Å²) < 4.78 is 24.4. The zero-order valence-corrected chi connectivity index (χ0v) is 12.6. The van der Waals surface area contributed by atoms with Crippen molar-refractivity contribution in [1.29, 1.82) is 0 Å². The molecule has 0 atom stereocenters. The summed E-state index contributed by atoms with van der Waals surface area (Å²) in [7, 11) is -3.85. The lowest BCUT2D eigenvalue weighted by atomic mass is 10.3. The highest BCUT2D eigenvalue weighted by Gasteiger charge is 2.25. The first-order chi connectivity index (χ1) is 8.92. The third-order valence-corrected chi connectivity index (χ3v) is 5.82. The Hall–Kier alpha value is -0.880. The molecule has 0 saturated heterocycles. The van der Waals surface area contributed by atoms with Gasteiger partial charge in [-0.3, -0.25) is 4.79 Å². The zero-order valence-electron chi connectivity index (χ0n) is 9.47. The van der Waals surface area contributed by atoms with E-state index in [1.165, 1.54) is 23.5 Å². The number of benzene rings is 1. The minimum Gasteiger partial charge on any atom is -0.292 e. The third-order valence-electron chi connectivity index (χ3n) is 2.35. The summed E-state index contributed by atoms with van der Waals surface area (Å²) in [5.74, 6) is -1.11. The van der Waals surface area contributed by atoms with Crippen LogP contribution in [0, 0.1) is 0 Å². The summed E-state index contributed by atoms with van der Waals surface area (Å²) in [5.41, 5.74) is 0. The number of rotatable bonds is 4. The van der Waals surface area contributed by atoms with Crippen molar-refractivity contribution in [2.24, 2.45) is 0 Å². The second-order valence-electron chi connectivity index (χ2n) is 3.71. The quantitative estimate of drug-likeness (QED) is 0.801. The fraction of sp³-hybridized carbons (Fsp3) is 0.0833. The van der Waals surface area contributed by atoms with Gasteiger partial charge in [0.05, 0.1) is 14.9 Å². The number of carbonyl (C=O) groups excluding carboxylic acids is 1. The Kier molecular flexibility index (Phi) is 4.30. The van der Waals surface area contributed by atoms with E-state index in [1.54, 1.807) is 23.6 Å². The molecule has 0 fully saturated rings. The molecule has 0 unspecified atom stereocenters. The molecule has 0 amide bonds. The average Bonchev–Trinajstić information content (AvgIpc) is 2.80. The topological polar surface area (TPSA) is 51.2 Å². The van der Waals surface area contributed by atoms with Gasteiger partial charge >= 0.3 is 0 Å². The molecule has 1 heterocycles. The second-order valence-corrected chi connectivity index (χ2v) is 7.40. The summed E-state index contributed by atoms with van der Waals surface area (Å²) in [6.45, 7) is 0. The molecule has 0 aliphatic heterocycles. The number of Topliss-reactive ketones (excluding diaryl/α,β-unsaturated/α-hetero) is 1. The zero-order chi connectivity index (χ0) is 14.0. The van der Waals surface area contributed by atoms with Gasteiger partial charge in [-0.15, -0.1) is 11.3 Å². The Bertz CT molecular complexity index is 686. The molecular formula is C12H8Cl2O3S2. The fourth-order valence-electron chi connectivity index (χ4n) is 1.53. The molecule has 2 rings (SSSR count). The molecule has 0 spiro atoms. The number of sulfone groups is 1. The smallest absolute Gasteiger partial charge is 0.188 e. The normalized spacial score (nSPS) is 11.5. The minimum atomic E-state index is -3.85. The van der Waals surface area contributed by atoms with E-state index in [2.05, 4.69) is 0 Å². The first kappa shape index (κ1) is 14.5. The van der Waals surface area contributed by atoms with Gasteiger partial charge in [0, 0.05) is 0 Å². The van der Waals surface area contributed by atoms with Gasteiger partial charge in [-0.05, 0) is 23.6 Å². The van der Waals surface area contributed by atoms with Crippen LogP contribution < -0.4 is 0 Å². The molecule has 2 aromatic rings. The monoisotopic (exact) mass is 334 g/mol. The second kappa shape index (κ2) is 5.63. The Morgan fingerprint density at radius 2 is 1.74 bits per heavy atom. The molecule has 0 aliphatic carbocycles. The molecule has 0 aliphatic rings. The maximum Gasteiger partial charge on any atom is 0.188 e. The molecule has 0 radical (unpaired) electrons. The first-order valence-corrected chi connectivity index (χ1v) is 8.44. The Morgan fingerprint density at radius 1 is 1.11 bits per heavy atom. The summed E-state index contributed by atoms with van der Waals surface area (Å²) in [6, 6.07) is 7.67. The minimum absolute atomic E-state index is 0.0199. The van der Waals surface area contributed by atoms with Crippen LogP contribution in [0.3, 0.4) is 0 Å². The van der Waals surface area contributed by atoms with Gasteiger partial charge < -0.3 is 0 Å². The van der Waals surface area contributed by atoms with E-state index < -0.39 is 21.4 Å². The summed E-state index contributed by atoms with van der Waals surface area (Å²) in [5, 5.41) is 1.75. The average molecular weight is 335 g/mol. The van der Waals surface area contributed by atoms with E-state index in [9.17, 15) is 13.2 Å². The molecule has 0 bridgehead atoms. The largest absolute Gasteiger partial charge is 0.292 e. The summed E-state index contributed by atoms with van der Waals surface area (Å²) in [6.07, 6.45) is 0. The van der Waals surface area contributed by atoms with Crippen molar-refractivity contribution in [3.8, 4) is 0 Å². The number of carbonyl (C=O) groups is 1. The van der Waals surface area contributed by atoms with E-state index >= 15 is 0 Å². The van der Waals surface area contributed by atoms with E-state index in [0.29, 0.717) is 4.88 Å². The molecule has 1 aromatic carbocycles. The van der Waals surface area contributed by atoms with Crippen molar-refractivity contribution in [1.82, 2.24) is 0 Å². The SMILES string of the molecule is O=C(CS(=O)(=O)c1c(Cl)cccc1Cl)c1cccs1. The highest BCUT2D eigenvalue weighted by molar-refractivity contribution is 7.92. The van der Waals surface area contributed by atoms with Crippen LogP contribution in [0.25, 0.3) is 0 Å². The van der Waals surface area contributed by atoms with Gasteiger partial charge in [0.25, 0.3) is 0 Å².